The highest BCUT2D eigenvalue weighted by molar-refractivity contribution is 9.10. The lowest BCUT2D eigenvalue weighted by atomic mass is 10.1. The van der Waals surface area contributed by atoms with Gasteiger partial charge < -0.3 is 0 Å². The maximum absolute atomic E-state index is 12.2. The van der Waals surface area contributed by atoms with E-state index < -0.39 is 0 Å². The van der Waals surface area contributed by atoms with E-state index in [1.807, 2.05) is 30.3 Å². The fourth-order valence-electron chi connectivity index (χ4n) is 2.12. The predicted molar refractivity (Wildman–Crippen MR) is 78.2 cm³/mol. The SMILES string of the molecule is O=c1c(Br)c(Cc2ccccc2)ncn1CC1CC1. The van der Waals surface area contributed by atoms with Gasteiger partial charge >= 0.3 is 0 Å². The van der Waals surface area contributed by atoms with E-state index in [0.29, 0.717) is 16.8 Å². The third-order valence-electron chi connectivity index (χ3n) is 3.42. The topological polar surface area (TPSA) is 34.9 Å². The Morgan fingerprint density at radius 3 is 2.68 bits per heavy atom. The van der Waals surface area contributed by atoms with Gasteiger partial charge in [-0.15, -0.1) is 0 Å². The summed E-state index contributed by atoms with van der Waals surface area (Å²) in [6, 6.07) is 10.1. The summed E-state index contributed by atoms with van der Waals surface area (Å²) in [5.41, 5.74) is 2.01. The molecule has 0 spiro atoms. The molecule has 3 rings (SSSR count). The van der Waals surface area contributed by atoms with Gasteiger partial charge in [-0.1, -0.05) is 30.3 Å². The Bertz CT molecular complexity index is 632. The summed E-state index contributed by atoms with van der Waals surface area (Å²) in [6.07, 6.45) is 4.83. The van der Waals surface area contributed by atoms with Gasteiger partial charge in [-0.25, -0.2) is 4.98 Å². The lowest BCUT2D eigenvalue weighted by molar-refractivity contribution is 0.590. The first-order valence-corrected chi connectivity index (χ1v) is 7.31. The van der Waals surface area contributed by atoms with Gasteiger partial charge in [0.25, 0.3) is 5.56 Å². The van der Waals surface area contributed by atoms with Crippen molar-refractivity contribution in [2.24, 2.45) is 5.92 Å². The lowest BCUT2D eigenvalue weighted by Crippen LogP contribution is -2.23. The van der Waals surface area contributed by atoms with Crippen molar-refractivity contribution in [1.29, 1.82) is 0 Å². The van der Waals surface area contributed by atoms with Gasteiger partial charge in [-0.2, -0.15) is 0 Å². The van der Waals surface area contributed by atoms with Gasteiger partial charge in [-0.05, 0) is 40.3 Å². The molecule has 0 bridgehead atoms. The summed E-state index contributed by atoms with van der Waals surface area (Å²) in [7, 11) is 0. The first-order valence-electron chi connectivity index (χ1n) is 6.52. The monoisotopic (exact) mass is 318 g/mol. The molecule has 98 valence electrons. The zero-order chi connectivity index (χ0) is 13.2. The van der Waals surface area contributed by atoms with Crippen molar-refractivity contribution in [3.63, 3.8) is 0 Å². The molecule has 19 heavy (non-hydrogen) atoms. The van der Waals surface area contributed by atoms with E-state index >= 15 is 0 Å². The molecule has 1 fully saturated rings. The maximum Gasteiger partial charge on any atom is 0.267 e. The van der Waals surface area contributed by atoms with E-state index in [2.05, 4.69) is 20.9 Å². The standard InChI is InChI=1S/C15H15BrN2O/c16-14-13(8-11-4-2-1-3-5-11)17-10-18(15(14)19)9-12-6-7-12/h1-5,10,12H,6-9H2. The van der Waals surface area contributed by atoms with Crippen molar-refractivity contribution in [3.8, 4) is 0 Å². The van der Waals surface area contributed by atoms with Crippen LogP contribution in [0.1, 0.15) is 24.1 Å². The number of benzene rings is 1. The fraction of sp³-hybridized carbons (Fsp3) is 0.333. The summed E-state index contributed by atoms with van der Waals surface area (Å²) < 4.78 is 2.32. The number of halogens is 1. The Morgan fingerprint density at radius 1 is 1.26 bits per heavy atom. The van der Waals surface area contributed by atoms with E-state index in [9.17, 15) is 4.79 Å². The van der Waals surface area contributed by atoms with Crippen LogP contribution < -0.4 is 5.56 Å². The molecule has 4 heteroatoms. The molecule has 1 heterocycles. The summed E-state index contributed by atoms with van der Waals surface area (Å²) in [4.78, 5) is 16.7. The quantitative estimate of drug-likeness (QED) is 0.868. The molecule has 1 aromatic carbocycles. The molecule has 0 saturated heterocycles. The molecule has 1 aliphatic carbocycles. The Hall–Kier alpha value is -1.42. The van der Waals surface area contributed by atoms with Crippen LogP contribution in [0.2, 0.25) is 0 Å². The summed E-state index contributed by atoms with van der Waals surface area (Å²) >= 11 is 3.40. The van der Waals surface area contributed by atoms with Crippen molar-refractivity contribution >= 4 is 15.9 Å². The van der Waals surface area contributed by atoms with E-state index in [1.54, 1.807) is 10.9 Å². The van der Waals surface area contributed by atoms with Crippen LogP contribution in [-0.2, 0) is 13.0 Å². The zero-order valence-electron chi connectivity index (χ0n) is 10.6. The van der Waals surface area contributed by atoms with Crippen LogP contribution >= 0.6 is 15.9 Å². The Morgan fingerprint density at radius 2 is 2.00 bits per heavy atom. The second-order valence-corrected chi connectivity index (χ2v) is 5.86. The number of rotatable bonds is 4. The maximum atomic E-state index is 12.2. The summed E-state index contributed by atoms with van der Waals surface area (Å²) in [5, 5.41) is 0. The molecule has 0 unspecified atom stereocenters. The molecular formula is C15H15BrN2O. The van der Waals surface area contributed by atoms with E-state index in [0.717, 1.165) is 17.8 Å². The van der Waals surface area contributed by atoms with Crippen LogP contribution in [0.5, 0.6) is 0 Å². The number of nitrogens with zero attached hydrogens (tertiary/aromatic N) is 2. The van der Waals surface area contributed by atoms with E-state index in [4.69, 9.17) is 0 Å². The smallest absolute Gasteiger partial charge is 0.267 e. The van der Waals surface area contributed by atoms with Crippen LogP contribution in [0.25, 0.3) is 0 Å². The highest BCUT2D eigenvalue weighted by Crippen LogP contribution is 2.30. The normalized spacial score (nSPS) is 14.6. The second-order valence-electron chi connectivity index (χ2n) is 5.07. The second kappa shape index (κ2) is 5.29. The largest absolute Gasteiger partial charge is 0.298 e. The highest BCUT2D eigenvalue weighted by atomic mass is 79.9. The Balaban J connectivity index is 1.86. The molecular weight excluding hydrogens is 304 g/mol. The molecule has 0 aliphatic heterocycles. The first-order chi connectivity index (χ1) is 9.24. The number of aromatic nitrogens is 2. The van der Waals surface area contributed by atoms with Crippen molar-refractivity contribution in [2.75, 3.05) is 0 Å². The van der Waals surface area contributed by atoms with Gasteiger partial charge in [0.15, 0.2) is 0 Å². The van der Waals surface area contributed by atoms with Crippen molar-refractivity contribution in [1.82, 2.24) is 9.55 Å². The summed E-state index contributed by atoms with van der Waals surface area (Å²) in [6.45, 7) is 0.802. The molecule has 1 saturated carbocycles. The molecule has 0 amide bonds. The van der Waals surface area contributed by atoms with Gasteiger partial charge in [0.2, 0.25) is 0 Å². The fourth-order valence-corrected chi connectivity index (χ4v) is 2.59. The average Bonchev–Trinajstić information content (AvgIpc) is 3.24. The van der Waals surface area contributed by atoms with Gasteiger partial charge in [0, 0.05) is 13.0 Å². The van der Waals surface area contributed by atoms with Crippen LogP contribution in [0, 0.1) is 5.92 Å². The molecule has 1 aliphatic rings. The van der Waals surface area contributed by atoms with E-state index in [1.165, 1.54) is 12.8 Å². The Kier molecular flexibility index (Phi) is 3.51. The summed E-state index contributed by atoms with van der Waals surface area (Å²) in [5.74, 6) is 0.673. The van der Waals surface area contributed by atoms with Gasteiger partial charge in [-0.3, -0.25) is 9.36 Å². The molecule has 0 atom stereocenters. The number of hydrogen-bond donors (Lipinski definition) is 0. The predicted octanol–water partition coefficient (Wildman–Crippen LogP) is 3.01. The third kappa shape index (κ3) is 2.95. The minimum absolute atomic E-state index is 0.0350. The van der Waals surface area contributed by atoms with Crippen LogP contribution in [-0.4, -0.2) is 9.55 Å². The molecule has 0 N–H and O–H groups in total. The average molecular weight is 319 g/mol. The van der Waals surface area contributed by atoms with Gasteiger partial charge in [0.05, 0.1) is 12.0 Å². The minimum Gasteiger partial charge on any atom is -0.298 e. The number of hydrogen-bond acceptors (Lipinski definition) is 2. The molecule has 2 aromatic rings. The highest BCUT2D eigenvalue weighted by Gasteiger charge is 2.22. The van der Waals surface area contributed by atoms with Crippen molar-refractivity contribution in [2.45, 2.75) is 25.8 Å². The van der Waals surface area contributed by atoms with Crippen molar-refractivity contribution in [3.05, 3.63) is 62.7 Å². The third-order valence-corrected chi connectivity index (χ3v) is 4.22. The molecule has 1 aromatic heterocycles. The lowest BCUT2D eigenvalue weighted by Gasteiger charge is -2.08. The molecule has 0 radical (unpaired) electrons. The van der Waals surface area contributed by atoms with Crippen LogP contribution in [0.3, 0.4) is 0 Å². The van der Waals surface area contributed by atoms with Crippen LogP contribution in [0.15, 0.2) is 45.9 Å². The van der Waals surface area contributed by atoms with Crippen molar-refractivity contribution < 1.29 is 0 Å². The van der Waals surface area contributed by atoms with E-state index in [-0.39, 0.29) is 5.56 Å². The molecule has 3 nitrogen and oxygen atoms in total. The first kappa shape index (κ1) is 12.6. The Labute approximate surface area is 120 Å². The minimum atomic E-state index is 0.0350. The van der Waals surface area contributed by atoms with Gasteiger partial charge in [0.1, 0.15) is 4.47 Å². The zero-order valence-corrected chi connectivity index (χ0v) is 12.1. The van der Waals surface area contributed by atoms with Crippen LogP contribution in [0.4, 0.5) is 0 Å².